The molecule has 0 aromatic heterocycles. The summed E-state index contributed by atoms with van der Waals surface area (Å²) in [5.74, 6) is 0.200. The van der Waals surface area contributed by atoms with Crippen LogP contribution in [0.5, 0.6) is 5.75 Å². The molecule has 0 aliphatic carbocycles. The number of aromatic hydroxyl groups is 1. The van der Waals surface area contributed by atoms with Crippen molar-refractivity contribution in [3.8, 4) is 5.75 Å². The first kappa shape index (κ1) is 13.8. The smallest absolute Gasteiger partial charge is 0.152 e. The minimum Gasteiger partial charge on any atom is -0.505 e. The molecule has 1 aliphatic rings. The Morgan fingerprint density at radius 3 is 2.44 bits per heavy atom. The van der Waals surface area contributed by atoms with E-state index in [9.17, 15) is 13.5 Å². The molecule has 1 unspecified atom stereocenters. The number of rotatable bonds is 2. The molecule has 1 aromatic rings. The summed E-state index contributed by atoms with van der Waals surface area (Å²) in [7, 11) is -2.96. The van der Waals surface area contributed by atoms with Gasteiger partial charge in [-0.15, -0.1) is 0 Å². The van der Waals surface area contributed by atoms with Gasteiger partial charge in [0.2, 0.25) is 0 Å². The van der Waals surface area contributed by atoms with Crippen molar-refractivity contribution in [2.75, 3.05) is 16.8 Å². The highest BCUT2D eigenvalue weighted by atomic mass is 35.5. The molecule has 2 rings (SSSR count). The van der Waals surface area contributed by atoms with E-state index in [1.807, 2.05) is 0 Å². The molecule has 0 saturated carbocycles. The van der Waals surface area contributed by atoms with Gasteiger partial charge in [0.25, 0.3) is 0 Å². The predicted molar refractivity (Wildman–Crippen MR) is 73.4 cm³/mol. The molecule has 7 heteroatoms. The van der Waals surface area contributed by atoms with Gasteiger partial charge < -0.3 is 10.4 Å². The zero-order valence-corrected chi connectivity index (χ0v) is 11.8. The van der Waals surface area contributed by atoms with Crippen molar-refractivity contribution in [1.82, 2.24) is 0 Å². The Balaban J connectivity index is 2.15. The second-order valence-corrected chi connectivity index (χ2v) is 7.43. The van der Waals surface area contributed by atoms with Crippen LogP contribution in [0.3, 0.4) is 0 Å². The molecule has 1 fully saturated rings. The minimum atomic E-state index is -2.96. The molecule has 2 N–H and O–H groups in total. The van der Waals surface area contributed by atoms with E-state index in [-0.39, 0.29) is 33.3 Å². The van der Waals surface area contributed by atoms with E-state index in [0.29, 0.717) is 12.1 Å². The summed E-state index contributed by atoms with van der Waals surface area (Å²) in [6, 6.07) is 2.92. The molecule has 1 heterocycles. The molecule has 0 spiro atoms. The summed E-state index contributed by atoms with van der Waals surface area (Å²) in [5, 5.41) is 12.8. The number of benzene rings is 1. The Labute approximate surface area is 116 Å². The van der Waals surface area contributed by atoms with E-state index in [2.05, 4.69) is 5.32 Å². The highest BCUT2D eigenvalue weighted by molar-refractivity contribution is 7.91. The topological polar surface area (TPSA) is 66.4 Å². The summed E-state index contributed by atoms with van der Waals surface area (Å²) in [6.45, 7) is 0. The average molecular weight is 310 g/mol. The zero-order chi connectivity index (χ0) is 13.3. The van der Waals surface area contributed by atoms with Crippen molar-refractivity contribution >= 4 is 38.7 Å². The first-order valence-electron chi connectivity index (χ1n) is 5.52. The van der Waals surface area contributed by atoms with Gasteiger partial charge in [0.15, 0.2) is 15.6 Å². The Bertz CT molecular complexity index is 536. The van der Waals surface area contributed by atoms with Crippen LogP contribution in [0.1, 0.15) is 12.8 Å². The van der Waals surface area contributed by atoms with Crippen molar-refractivity contribution in [3.63, 3.8) is 0 Å². The number of anilines is 1. The predicted octanol–water partition coefficient (Wildman–Crippen LogP) is 2.69. The number of phenolic OH excluding ortho intramolecular Hbond substituents is 1. The number of hydrogen-bond acceptors (Lipinski definition) is 4. The van der Waals surface area contributed by atoms with E-state index in [1.165, 1.54) is 12.1 Å². The molecule has 100 valence electrons. The first-order chi connectivity index (χ1) is 8.37. The van der Waals surface area contributed by atoms with Crippen molar-refractivity contribution in [1.29, 1.82) is 0 Å². The van der Waals surface area contributed by atoms with Crippen molar-refractivity contribution in [2.24, 2.45) is 0 Å². The van der Waals surface area contributed by atoms with Crippen LogP contribution in [-0.2, 0) is 9.84 Å². The van der Waals surface area contributed by atoms with Gasteiger partial charge in [-0.1, -0.05) is 23.2 Å². The number of hydrogen-bond donors (Lipinski definition) is 2. The highest BCUT2D eigenvalue weighted by Crippen LogP contribution is 2.35. The largest absolute Gasteiger partial charge is 0.505 e. The molecule has 1 saturated heterocycles. The molecule has 18 heavy (non-hydrogen) atoms. The Morgan fingerprint density at radius 1 is 1.28 bits per heavy atom. The normalized spacial score (nSPS) is 22.7. The molecule has 0 bridgehead atoms. The van der Waals surface area contributed by atoms with Crippen molar-refractivity contribution < 1.29 is 13.5 Å². The molecule has 0 radical (unpaired) electrons. The van der Waals surface area contributed by atoms with Gasteiger partial charge in [-0.05, 0) is 25.0 Å². The summed E-state index contributed by atoms with van der Waals surface area (Å²) in [6.07, 6.45) is 1.44. The van der Waals surface area contributed by atoms with Gasteiger partial charge in [-0.25, -0.2) is 8.42 Å². The SMILES string of the molecule is O=S1(=O)CCCC(Nc2cc(Cl)c(O)c(Cl)c2)C1. The van der Waals surface area contributed by atoms with Crippen LogP contribution in [0.4, 0.5) is 5.69 Å². The van der Waals surface area contributed by atoms with Crippen LogP contribution in [0.25, 0.3) is 0 Å². The van der Waals surface area contributed by atoms with Crippen molar-refractivity contribution in [3.05, 3.63) is 22.2 Å². The van der Waals surface area contributed by atoms with E-state index < -0.39 is 9.84 Å². The van der Waals surface area contributed by atoms with Gasteiger partial charge in [0, 0.05) is 11.7 Å². The third-order valence-corrected chi connectivity index (χ3v) is 5.25. The Morgan fingerprint density at radius 2 is 1.89 bits per heavy atom. The fourth-order valence-corrected chi connectivity index (χ4v) is 4.14. The van der Waals surface area contributed by atoms with E-state index in [4.69, 9.17) is 23.2 Å². The Hall–Kier alpha value is -0.650. The Kier molecular flexibility index (Phi) is 3.94. The lowest BCUT2D eigenvalue weighted by Gasteiger charge is -2.24. The van der Waals surface area contributed by atoms with Crippen LogP contribution in [-0.4, -0.2) is 31.1 Å². The quantitative estimate of drug-likeness (QED) is 0.824. The minimum absolute atomic E-state index is 0.114. The summed E-state index contributed by atoms with van der Waals surface area (Å²) < 4.78 is 23.0. The fraction of sp³-hybridized carbons (Fsp3) is 0.455. The highest BCUT2D eigenvalue weighted by Gasteiger charge is 2.24. The average Bonchev–Trinajstić information content (AvgIpc) is 2.24. The summed E-state index contributed by atoms with van der Waals surface area (Å²) in [4.78, 5) is 0. The van der Waals surface area contributed by atoms with Gasteiger partial charge in [0.05, 0.1) is 21.6 Å². The molecule has 1 aromatic carbocycles. The van der Waals surface area contributed by atoms with Crippen LogP contribution in [0.2, 0.25) is 10.0 Å². The number of nitrogens with one attached hydrogen (secondary N) is 1. The van der Waals surface area contributed by atoms with Crippen LogP contribution >= 0.6 is 23.2 Å². The van der Waals surface area contributed by atoms with Crippen LogP contribution < -0.4 is 5.32 Å². The fourth-order valence-electron chi connectivity index (χ4n) is 2.02. The second-order valence-electron chi connectivity index (χ2n) is 4.39. The first-order valence-corrected chi connectivity index (χ1v) is 8.10. The molecular weight excluding hydrogens is 297 g/mol. The molecule has 0 amide bonds. The third kappa shape index (κ3) is 3.22. The second kappa shape index (κ2) is 5.15. The lowest BCUT2D eigenvalue weighted by molar-refractivity contribution is 0.476. The van der Waals surface area contributed by atoms with Gasteiger partial charge in [0.1, 0.15) is 0 Å². The molecule has 1 aliphatic heterocycles. The van der Waals surface area contributed by atoms with Gasteiger partial charge >= 0.3 is 0 Å². The maximum absolute atomic E-state index is 11.5. The molecule has 1 atom stereocenters. The maximum Gasteiger partial charge on any atom is 0.152 e. The van der Waals surface area contributed by atoms with E-state index in [0.717, 1.165) is 6.42 Å². The van der Waals surface area contributed by atoms with Crippen LogP contribution in [0, 0.1) is 0 Å². The number of halogens is 2. The number of phenols is 1. The molecule has 4 nitrogen and oxygen atoms in total. The van der Waals surface area contributed by atoms with Gasteiger partial charge in [-0.2, -0.15) is 0 Å². The van der Waals surface area contributed by atoms with E-state index in [1.54, 1.807) is 0 Å². The maximum atomic E-state index is 11.5. The van der Waals surface area contributed by atoms with Gasteiger partial charge in [-0.3, -0.25) is 0 Å². The lowest BCUT2D eigenvalue weighted by atomic mass is 10.1. The third-order valence-electron chi connectivity index (χ3n) is 2.85. The standard InChI is InChI=1S/C11H13Cl2NO3S/c12-9-4-8(5-10(13)11(9)15)14-7-2-1-3-18(16,17)6-7/h4-5,7,14-15H,1-3,6H2. The monoisotopic (exact) mass is 309 g/mol. The van der Waals surface area contributed by atoms with Crippen LogP contribution in [0.15, 0.2) is 12.1 Å². The zero-order valence-electron chi connectivity index (χ0n) is 9.49. The summed E-state index contributed by atoms with van der Waals surface area (Å²) >= 11 is 11.6. The number of sulfone groups is 1. The summed E-state index contributed by atoms with van der Waals surface area (Å²) in [5.41, 5.74) is 0.616. The molecular formula is C11H13Cl2NO3S. The van der Waals surface area contributed by atoms with E-state index >= 15 is 0 Å². The van der Waals surface area contributed by atoms with Crippen molar-refractivity contribution in [2.45, 2.75) is 18.9 Å². The lowest BCUT2D eigenvalue weighted by Crippen LogP contribution is -2.34.